The highest BCUT2D eigenvalue weighted by Crippen LogP contribution is 2.38. The van der Waals surface area contributed by atoms with Crippen LogP contribution in [-0.4, -0.2) is 49.6 Å². The largest absolute Gasteiger partial charge is 0.507 e. The van der Waals surface area contributed by atoms with Crippen LogP contribution in [0.5, 0.6) is 17.2 Å². The molecule has 2 heterocycles. The molecule has 1 amide bonds. The Hall–Kier alpha value is -3.00. The van der Waals surface area contributed by atoms with Crippen LogP contribution < -0.4 is 19.7 Å². The van der Waals surface area contributed by atoms with Crippen molar-refractivity contribution in [2.45, 2.75) is 19.6 Å². The average Bonchev–Trinajstić information content (AvgIpc) is 2.69. The van der Waals surface area contributed by atoms with Gasteiger partial charge in [0, 0.05) is 36.5 Å². The van der Waals surface area contributed by atoms with Gasteiger partial charge in [-0.1, -0.05) is 6.07 Å². The molecule has 0 spiro atoms. The number of halogens is 1. The van der Waals surface area contributed by atoms with E-state index in [0.29, 0.717) is 37.6 Å². The van der Waals surface area contributed by atoms with Crippen LogP contribution in [0.3, 0.4) is 0 Å². The van der Waals surface area contributed by atoms with Gasteiger partial charge in [0.1, 0.15) is 35.2 Å². The van der Waals surface area contributed by atoms with E-state index in [1.54, 1.807) is 38.1 Å². The van der Waals surface area contributed by atoms with Crippen molar-refractivity contribution in [3.05, 3.63) is 47.3 Å². The molecule has 0 aromatic heterocycles. The normalized spacial score (nSPS) is 21.2. The Morgan fingerprint density at radius 1 is 1.31 bits per heavy atom. The molecule has 2 aromatic carbocycles. The Kier molecular flexibility index (Phi) is 4.96. The van der Waals surface area contributed by atoms with Crippen LogP contribution in [0.1, 0.15) is 22.8 Å². The van der Waals surface area contributed by atoms with E-state index in [1.807, 2.05) is 0 Å². The maximum atomic E-state index is 13.7. The predicted octanol–water partition coefficient (Wildman–Crippen LogP) is 2.59. The summed E-state index contributed by atoms with van der Waals surface area (Å²) in [6.07, 6.45) is 0. The topological polar surface area (TPSA) is 80.3 Å². The van der Waals surface area contributed by atoms with Crippen molar-refractivity contribution >= 4 is 11.6 Å². The number of anilines is 1. The minimum atomic E-state index is -1.18. The van der Waals surface area contributed by atoms with E-state index >= 15 is 0 Å². The summed E-state index contributed by atoms with van der Waals surface area (Å²) in [5, 5.41) is 13.1. The van der Waals surface area contributed by atoms with Gasteiger partial charge in [-0.15, -0.1) is 0 Å². The van der Waals surface area contributed by atoms with Gasteiger partial charge in [0.2, 0.25) is 5.72 Å². The van der Waals surface area contributed by atoms with Gasteiger partial charge in [0.25, 0.3) is 5.91 Å². The number of carbonyl (C=O) groups excluding carboxylic acids is 1. The first-order valence-electron chi connectivity index (χ1n) is 9.45. The first-order valence-corrected chi connectivity index (χ1v) is 9.45. The van der Waals surface area contributed by atoms with E-state index < -0.39 is 11.6 Å². The second kappa shape index (κ2) is 7.44. The third kappa shape index (κ3) is 3.80. The van der Waals surface area contributed by atoms with Gasteiger partial charge in [-0.2, -0.15) is 0 Å². The second-order valence-corrected chi connectivity index (χ2v) is 7.38. The highest BCUT2D eigenvalue weighted by atomic mass is 19.1. The Morgan fingerprint density at radius 2 is 2.07 bits per heavy atom. The third-order valence-electron chi connectivity index (χ3n) is 5.10. The standard InChI is InChI=1S/C21H23FN2O5/c1-13-15(22)4-3-5-17(13)28-12-21(2)23-20(26)19-16(25)10-14(11-18(19)29-21)24-6-8-27-9-7-24/h3-5,10-11,25H,6-9,12H2,1-2H3,(H,23,26). The van der Waals surface area contributed by atoms with Gasteiger partial charge in [-0.25, -0.2) is 4.39 Å². The number of nitrogens with zero attached hydrogens (tertiary/aromatic N) is 1. The zero-order valence-corrected chi connectivity index (χ0v) is 16.3. The van der Waals surface area contributed by atoms with Crippen molar-refractivity contribution in [2.75, 3.05) is 37.8 Å². The molecule has 1 saturated heterocycles. The summed E-state index contributed by atoms with van der Waals surface area (Å²) in [4.78, 5) is 14.7. The summed E-state index contributed by atoms with van der Waals surface area (Å²) in [5.74, 6) is -0.325. The number of aromatic hydroxyl groups is 1. The smallest absolute Gasteiger partial charge is 0.261 e. The SMILES string of the molecule is Cc1c(F)cccc1OCC1(C)NC(=O)c2c(O)cc(N3CCOCC3)cc2O1. The van der Waals surface area contributed by atoms with Crippen LogP contribution in [-0.2, 0) is 4.74 Å². The molecule has 29 heavy (non-hydrogen) atoms. The second-order valence-electron chi connectivity index (χ2n) is 7.38. The molecule has 2 aliphatic rings. The lowest BCUT2D eigenvalue weighted by atomic mass is 10.1. The van der Waals surface area contributed by atoms with Crippen LogP contribution >= 0.6 is 0 Å². The van der Waals surface area contributed by atoms with Gasteiger partial charge in [0.05, 0.1) is 13.2 Å². The third-order valence-corrected chi connectivity index (χ3v) is 5.10. The summed E-state index contributed by atoms with van der Waals surface area (Å²) < 4.78 is 30.9. The number of phenols is 1. The Morgan fingerprint density at radius 3 is 2.83 bits per heavy atom. The molecule has 4 rings (SSSR count). The van der Waals surface area contributed by atoms with E-state index in [2.05, 4.69) is 10.2 Å². The lowest BCUT2D eigenvalue weighted by Gasteiger charge is -2.37. The van der Waals surface area contributed by atoms with Gasteiger partial charge < -0.3 is 29.5 Å². The molecule has 0 saturated carbocycles. The monoisotopic (exact) mass is 402 g/mol. The summed E-state index contributed by atoms with van der Waals surface area (Å²) in [6, 6.07) is 7.87. The van der Waals surface area contributed by atoms with Crippen molar-refractivity contribution < 1.29 is 28.5 Å². The minimum Gasteiger partial charge on any atom is -0.507 e. The lowest BCUT2D eigenvalue weighted by Crippen LogP contribution is -2.57. The number of amides is 1. The molecule has 1 atom stereocenters. The van der Waals surface area contributed by atoms with Crippen molar-refractivity contribution in [1.82, 2.24) is 5.32 Å². The van der Waals surface area contributed by atoms with Gasteiger partial charge in [0.15, 0.2) is 0 Å². The Labute approximate surface area is 168 Å². The van der Waals surface area contributed by atoms with Crippen molar-refractivity contribution in [3.63, 3.8) is 0 Å². The summed E-state index contributed by atoms with van der Waals surface area (Å²) >= 11 is 0. The number of morpholine rings is 1. The van der Waals surface area contributed by atoms with Crippen LogP contribution in [0.15, 0.2) is 30.3 Å². The molecule has 2 aromatic rings. The fraction of sp³-hybridized carbons (Fsp3) is 0.381. The van der Waals surface area contributed by atoms with Gasteiger partial charge in [-0.05, 0) is 26.0 Å². The number of carbonyl (C=O) groups is 1. The molecule has 0 aliphatic carbocycles. The van der Waals surface area contributed by atoms with Crippen LogP contribution in [0.4, 0.5) is 10.1 Å². The molecule has 154 valence electrons. The number of fused-ring (bicyclic) bond motifs is 1. The van der Waals surface area contributed by atoms with Crippen molar-refractivity contribution in [3.8, 4) is 17.2 Å². The first kappa shape index (κ1) is 19.3. The molecular formula is C21H23FN2O5. The van der Waals surface area contributed by atoms with E-state index in [4.69, 9.17) is 14.2 Å². The minimum absolute atomic E-state index is 0.0367. The summed E-state index contributed by atoms with van der Waals surface area (Å²) in [6.45, 7) is 5.81. The van der Waals surface area contributed by atoms with Gasteiger partial charge in [-0.3, -0.25) is 4.79 Å². The zero-order valence-electron chi connectivity index (χ0n) is 16.3. The maximum Gasteiger partial charge on any atom is 0.261 e. The fourth-order valence-electron chi connectivity index (χ4n) is 3.50. The number of ether oxygens (including phenoxy) is 3. The number of hydrogen-bond donors (Lipinski definition) is 2. The van der Waals surface area contributed by atoms with Crippen LogP contribution in [0, 0.1) is 12.7 Å². The van der Waals surface area contributed by atoms with Crippen LogP contribution in [0.25, 0.3) is 0 Å². The Balaban J connectivity index is 1.58. The summed E-state index contributed by atoms with van der Waals surface area (Å²) in [5.41, 5.74) is 0.0367. The highest BCUT2D eigenvalue weighted by Gasteiger charge is 2.39. The van der Waals surface area contributed by atoms with E-state index in [0.717, 1.165) is 5.69 Å². The lowest BCUT2D eigenvalue weighted by molar-refractivity contribution is -0.00221. The van der Waals surface area contributed by atoms with Crippen molar-refractivity contribution in [1.29, 1.82) is 0 Å². The number of phenolic OH excluding ortho intramolecular Hbond substituents is 1. The van der Waals surface area contributed by atoms with Gasteiger partial charge >= 0.3 is 0 Å². The molecule has 2 aliphatic heterocycles. The number of benzene rings is 2. The molecule has 8 heteroatoms. The number of hydrogen-bond acceptors (Lipinski definition) is 6. The molecule has 0 radical (unpaired) electrons. The van der Waals surface area contributed by atoms with E-state index in [-0.39, 0.29) is 29.5 Å². The molecule has 1 fully saturated rings. The van der Waals surface area contributed by atoms with E-state index in [9.17, 15) is 14.3 Å². The molecule has 1 unspecified atom stereocenters. The predicted molar refractivity (Wildman–Crippen MR) is 104 cm³/mol. The highest BCUT2D eigenvalue weighted by molar-refractivity contribution is 6.01. The molecule has 7 nitrogen and oxygen atoms in total. The molecular weight excluding hydrogens is 379 g/mol. The van der Waals surface area contributed by atoms with Crippen molar-refractivity contribution in [2.24, 2.45) is 0 Å². The number of rotatable bonds is 4. The quantitative estimate of drug-likeness (QED) is 0.818. The molecule has 0 bridgehead atoms. The van der Waals surface area contributed by atoms with Crippen LogP contribution in [0.2, 0.25) is 0 Å². The first-order chi connectivity index (χ1) is 13.9. The fourth-order valence-corrected chi connectivity index (χ4v) is 3.50. The summed E-state index contributed by atoms with van der Waals surface area (Å²) in [7, 11) is 0. The molecule has 2 N–H and O–H groups in total. The zero-order chi connectivity index (χ0) is 20.6. The van der Waals surface area contributed by atoms with E-state index in [1.165, 1.54) is 6.07 Å². The average molecular weight is 402 g/mol. The maximum absolute atomic E-state index is 13.7. The Bertz CT molecular complexity index is 945. The number of nitrogens with one attached hydrogen (secondary N) is 1.